The van der Waals surface area contributed by atoms with Crippen LogP contribution in [0.25, 0.3) is 0 Å². The van der Waals surface area contributed by atoms with Crippen molar-refractivity contribution in [1.29, 1.82) is 0 Å². The van der Waals surface area contributed by atoms with Gasteiger partial charge in [0.2, 0.25) is 0 Å². The lowest BCUT2D eigenvalue weighted by Crippen LogP contribution is -2.27. The Hall–Kier alpha value is -1.13. The SMILES string of the molecule is CCCC[P+](CCC)(c1ccccc1)c1ccccc1. The highest BCUT2D eigenvalue weighted by Crippen LogP contribution is 2.57. The zero-order valence-corrected chi connectivity index (χ0v) is 13.7. The van der Waals surface area contributed by atoms with Crippen LogP contribution >= 0.6 is 7.26 Å². The highest BCUT2D eigenvalue weighted by Gasteiger charge is 2.40. The van der Waals surface area contributed by atoms with Crippen LogP contribution in [-0.2, 0) is 0 Å². The van der Waals surface area contributed by atoms with Crippen molar-refractivity contribution < 1.29 is 0 Å². The van der Waals surface area contributed by atoms with E-state index in [-0.39, 0.29) is 0 Å². The molecule has 0 aliphatic rings. The summed E-state index contributed by atoms with van der Waals surface area (Å²) in [6.07, 6.45) is 6.57. The van der Waals surface area contributed by atoms with Gasteiger partial charge in [0.25, 0.3) is 0 Å². The van der Waals surface area contributed by atoms with Crippen LogP contribution in [0.4, 0.5) is 0 Å². The molecule has 2 rings (SSSR count). The Morgan fingerprint density at radius 1 is 0.650 bits per heavy atom. The maximum absolute atomic E-state index is 2.35. The molecule has 0 aliphatic carbocycles. The molecule has 2 aromatic rings. The van der Waals surface area contributed by atoms with Crippen molar-refractivity contribution in [2.45, 2.75) is 33.1 Å². The van der Waals surface area contributed by atoms with Gasteiger partial charge in [0.15, 0.2) is 0 Å². The van der Waals surface area contributed by atoms with Crippen molar-refractivity contribution in [2.75, 3.05) is 12.3 Å². The molecule has 106 valence electrons. The summed E-state index contributed by atoms with van der Waals surface area (Å²) in [5, 5.41) is 3.17. The first-order valence-electron chi connectivity index (χ1n) is 7.82. The Balaban J connectivity index is 2.50. The Morgan fingerprint density at radius 2 is 1.15 bits per heavy atom. The molecular weight excluding hydrogens is 259 g/mol. The van der Waals surface area contributed by atoms with Crippen molar-refractivity contribution >= 4 is 17.9 Å². The van der Waals surface area contributed by atoms with Crippen molar-refractivity contribution in [2.24, 2.45) is 0 Å². The van der Waals surface area contributed by atoms with Crippen molar-refractivity contribution in [3.8, 4) is 0 Å². The van der Waals surface area contributed by atoms with Crippen LogP contribution in [0.1, 0.15) is 33.1 Å². The van der Waals surface area contributed by atoms with E-state index in [2.05, 4.69) is 74.5 Å². The molecular formula is C19H26P+. The van der Waals surface area contributed by atoms with Gasteiger partial charge in [0, 0.05) is 0 Å². The Bertz CT molecular complexity index is 450. The summed E-state index contributed by atoms with van der Waals surface area (Å²) in [6.45, 7) is 4.63. The van der Waals surface area contributed by atoms with E-state index >= 15 is 0 Å². The second-order valence-corrected chi connectivity index (χ2v) is 9.30. The van der Waals surface area contributed by atoms with Gasteiger partial charge in [-0.05, 0) is 37.1 Å². The molecule has 0 N–H and O–H groups in total. The van der Waals surface area contributed by atoms with Crippen LogP contribution in [0.3, 0.4) is 0 Å². The van der Waals surface area contributed by atoms with Gasteiger partial charge in [0.05, 0.1) is 30.2 Å². The molecule has 0 unspecified atom stereocenters. The van der Waals surface area contributed by atoms with Gasteiger partial charge in [-0.25, -0.2) is 0 Å². The predicted octanol–water partition coefficient (Wildman–Crippen LogP) is 4.87. The second-order valence-electron chi connectivity index (χ2n) is 5.44. The van der Waals surface area contributed by atoms with Crippen LogP contribution in [0.5, 0.6) is 0 Å². The zero-order chi connectivity index (χ0) is 14.3. The number of hydrogen-bond donors (Lipinski definition) is 0. The molecule has 1 heteroatoms. The van der Waals surface area contributed by atoms with E-state index in [0.29, 0.717) is 0 Å². The summed E-state index contributed by atoms with van der Waals surface area (Å²) in [6, 6.07) is 22.5. The third-order valence-electron chi connectivity index (χ3n) is 4.00. The lowest BCUT2D eigenvalue weighted by molar-refractivity contribution is 0.886. The van der Waals surface area contributed by atoms with E-state index in [1.807, 2.05) is 0 Å². The van der Waals surface area contributed by atoms with E-state index in [4.69, 9.17) is 0 Å². The third kappa shape index (κ3) is 3.30. The van der Waals surface area contributed by atoms with E-state index in [1.165, 1.54) is 31.6 Å². The van der Waals surface area contributed by atoms with Gasteiger partial charge in [-0.15, -0.1) is 0 Å². The van der Waals surface area contributed by atoms with E-state index in [0.717, 1.165) is 0 Å². The van der Waals surface area contributed by atoms with Gasteiger partial charge in [0.1, 0.15) is 0 Å². The summed E-state index contributed by atoms with van der Waals surface area (Å²) < 4.78 is 0. The normalized spacial score (nSPS) is 11.5. The second kappa shape index (κ2) is 7.60. The van der Waals surface area contributed by atoms with Gasteiger partial charge in [-0.3, -0.25) is 0 Å². The summed E-state index contributed by atoms with van der Waals surface area (Å²) in [4.78, 5) is 0. The number of hydrogen-bond acceptors (Lipinski definition) is 0. The van der Waals surface area contributed by atoms with Gasteiger partial charge >= 0.3 is 0 Å². The summed E-state index contributed by atoms with van der Waals surface area (Å²) >= 11 is 0. The van der Waals surface area contributed by atoms with E-state index in [1.54, 1.807) is 10.6 Å². The van der Waals surface area contributed by atoms with Crippen LogP contribution in [0.15, 0.2) is 60.7 Å². The molecule has 0 amide bonds. The summed E-state index contributed by atoms with van der Waals surface area (Å²) in [5.74, 6) is 0. The highest BCUT2D eigenvalue weighted by molar-refractivity contribution is 7.89. The first-order valence-corrected chi connectivity index (χ1v) is 9.97. The van der Waals surface area contributed by atoms with Crippen LogP contribution in [0.2, 0.25) is 0 Å². The minimum absolute atomic E-state index is 1.22. The summed E-state index contributed by atoms with van der Waals surface area (Å²) in [7, 11) is -1.22. The smallest absolute Gasteiger partial charge is 0.0652 e. The maximum Gasteiger partial charge on any atom is 0.0991 e. The molecule has 0 aromatic heterocycles. The lowest BCUT2D eigenvalue weighted by Gasteiger charge is -2.27. The minimum Gasteiger partial charge on any atom is -0.0652 e. The van der Waals surface area contributed by atoms with Gasteiger partial charge in [-0.2, -0.15) is 0 Å². The topological polar surface area (TPSA) is 0 Å². The van der Waals surface area contributed by atoms with Crippen LogP contribution in [0, 0.1) is 0 Å². The molecule has 0 saturated carbocycles. The van der Waals surface area contributed by atoms with Gasteiger partial charge in [-0.1, -0.05) is 56.7 Å². The van der Waals surface area contributed by atoms with E-state index < -0.39 is 7.26 Å². The molecule has 0 bridgehead atoms. The van der Waals surface area contributed by atoms with E-state index in [9.17, 15) is 0 Å². The van der Waals surface area contributed by atoms with Crippen LogP contribution in [-0.4, -0.2) is 12.3 Å². The van der Waals surface area contributed by atoms with Crippen molar-refractivity contribution in [1.82, 2.24) is 0 Å². The molecule has 0 fully saturated rings. The fraction of sp³-hybridized carbons (Fsp3) is 0.368. The molecule has 0 heterocycles. The first-order chi connectivity index (χ1) is 9.83. The molecule has 0 spiro atoms. The molecule has 0 saturated heterocycles. The molecule has 0 radical (unpaired) electrons. The minimum atomic E-state index is -1.22. The average Bonchev–Trinajstić information content (AvgIpc) is 2.53. The Morgan fingerprint density at radius 3 is 1.55 bits per heavy atom. The number of benzene rings is 2. The third-order valence-corrected chi connectivity index (χ3v) is 8.86. The predicted molar refractivity (Wildman–Crippen MR) is 94.0 cm³/mol. The molecule has 2 aromatic carbocycles. The molecule has 0 atom stereocenters. The zero-order valence-electron chi connectivity index (χ0n) is 12.8. The Labute approximate surface area is 124 Å². The average molecular weight is 285 g/mol. The van der Waals surface area contributed by atoms with Crippen molar-refractivity contribution in [3.05, 3.63) is 60.7 Å². The number of unbranched alkanes of at least 4 members (excludes halogenated alkanes) is 1. The standard InChI is InChI=1S/C19H26P/c1-3-5-17-20(16-4-2,18-12-8-6-9-13-18)19-14-10-7-11-15-19/h6-15H,3-5,16-17H2,1-2H3/q+1. The first kappa shape index (κ1) is 15.3. The molecule has 20 heavy (non-hydrogen) atoms. The monoisotopic (exact) mass is 285 g/mol. The fourth-order valence-electron chi connectivity index (χ4n) is 3.01. The number of rotatable bonds is 7. The van der Waals surface area contributed by atoms with Gasteiger partial charge < -0.3 is 0 Å². The highest BCUT2D eigenvalue weighted by atomic mass is 31.2. The van der Waals surface area contributed by atoms with Crippen LogP contribution < -0.4 is 10.6 Å². The quantitative estimate of drug-likeness (QED) is 0.637. The lowest BCUT2D eigenvalue weighted by atomic mass is 10.4. The largest absolute Gasteiger partial charge is 0.0991 e. The summed E-state index contributed by atoms with van der Waals surface area (Å²) in [5.41, 5.74) is 0. The fourth-order valence-corrected chi connectivity index (χ4v) is 7.67. The molecule has 0 nitrogen and oxygen atoms in total. The maximum atomic E-state index is 2.35. The Kier molecular flexibility index (Phi) is 5.80. The van der Waals surface area contributed by atoms with Crippen molar-refractivity contribution in [3.63, 3.8) is 0 Å². The molecule has 0 aliphatic heterocycles.